The summed E-state index contributed by atoms with van der Waals surface area (Å²) in [5.41, 5.74) is 0.565. The first kappa shape index (κ1) is 16.7. The van der Waals surface area contributed by atoms with Crippen LogP contribution in [-0.4, -0.2) is 32.7 Å². The van der Waals surface area contributed by atoms with Crippen molar-refractivity contribution in [1.82, 2.24) is 24.3 Å². The Morgan fingerprint density at radius 1 is 1.27 bits per heavy atom. The molecule has 0 amide bonds. The lowest BCUT2D eigenvalue weighted by Crippen LogP contribution is -2.15. The Balaban J connectivity index is 1.58. The van der Waals surface area contributed by atoms with Gasteiger partial charge in [0.2, 0.25) is 0 Å². The van der Waals surface area contributed by atoms with Gasteiger partial charge in [0.25, 0.3) is 16.0 Å². The molecule has 1 aliphatic rings. The number of nitrogens with zero attached hydrogens (tertiary/aromatic N) is 5. The van der Waals surface area contributed by atoms with Gasteiger partial charge < -0.3 is 4.57 Å². The summed E-state index contributed by atoms with van der Waals surface area (Å²) in [6.07, 6.45) is 5.66. The van der Waals surface area contributed by atoms with Gasteiger partial charge in [-0.1, -0.05) is 0 Å². The molecule has 8 nitrogen and oxygen atoms in total. The molecule has 10 heteroatoms. The molecular formula is C16H17FN6O2S. The van der Waals surface area contributed by atoms with Crippen LogP contribution in [0.25, 0.3) is 5.69 Å². The van der Waals surface area contributed by atoms with E-state index in [0.29, 0.717) is 5.69 Å². The maximum Gasteiger partial charge on any atom is 0.283 e. The van der Waals surface area contributed by atoms with Gasteiger partial charge in [-0.3, -0.25) is 0 Å². The lowest BCUT2D eigenvalue weighted by Gasteiger charge is -2.20. The molecule has 0 saturated heterocycles. The number of aromatic nitrogens is 5. The van der Waals surface area contributed by atoms with Crippen molar-refractivity contribution in [2.45, 2.75) is 37.3 Å². The van der Waals surface area contributed by atoms with E-state index in [2.05, 4.69) is 19.8 Å². The van der Waals surface area contributed by atoms with E-state index < -0.39 is 10.0 Å². The van der Waals surface area contributed by atoms with E-state index in [-0.39, 0.29) is 22.8 Å². The minimum absolute atomic E-state index is 0.0422. The van der Waals surface area contributed by atoms with Gasteiger partial charge in [-0.15, -0.1) is 5.10 Å². The molecular weight excluding hydrogens is 359 g/mol. The Kier molecular flexibility index (Phi) is 3.98. The molecule has 1 atom stereocenters. The Bertz CT molecular complexity index is 1040. The number of halogens is 1. The number of imidazole rings is 1. The van der Waals surface area contributed by atoms with Crippen molar-refractivity contribution in [1.29, 1.82) is 0 Å². The highest BCUT2D eigenvalue weighted by molar-refractivity contribution is 7.92. The third-order valence-electron chi connectivity index (χ3n) is 4.37. The minimum atomic E-state index is -3.89. The third-order valence-corrected chi connectivity index (χ3v) is 5.57. The highest BCUT2D eigenvalue weighted by atomic mass is 32.2. The summed E-state index contributed by atoms with van der Waals surface area (Å²) in [4.78, 5) is 8.21. The fourth-order valence-corrected chi connectivity index (χ4v) is 3.91. The molecule has 1 N–H and O–H groups in total. The van der Waals surface area contributed by atoms with Gasteiger partial charge in [-0.05, 0) is 44.0 Å². The standard InChI is InChI=1S/C16H17FN6O2S/c1-11-3-2-4-14-19-15(9-22(11)14)26(24,25)21-16-18-10-23(20-16)13-7-5-12(17)6-8-13/h5-11H,2-4H2,1H3,(H,20,21). The molecule has 0 fully saturated rings. The van der Waals surface area contributed by atoms with Crippen LogP contribution in [0.3, 0.4) is 0 Å². The summed E-state index contributed by atoms with van der Waals surface area (Å²) in [6.45, 7) is 2.04. The fraction of sp³-hybridized carbons (Fsp3) is 0.312. The third kappa shape index (κ3) is 3.07. The van der Waals surface area contributed by atoms with Crippen LogP contribution in [-0.2, 0) is 16.4 Å². The summed E-state index contributed by atoms with van der Waals surface area (Å²) in [5, 5.41) is 4.03. The average molecular weight is 376 g/mol. The van der Waals surface area contributed by atoms with Gasteiger partial charge in [-0.2, -0.15) is 13.4 Å². The maximum absolute atomic E-state index is 13.0. The molecule has 26 heavy (non-hydrogen) atoms. The second-order valence-electron chi connectivity index (χ2n) is 6.24. The van der Waals surface area contributed by atoms with Crippen molar-refractivity contribution in [3.63, 3.8) is 0 Å². The smallest absolute Gasteiger partial charge is 0.283 e. The highest BCUT2D eigenvalue weighted by Gasteiger charge is 2.25. The number of sulfonamides is 1. The number of anilines is 1. The van der Waals surface area contributed by atoms with Crippen LogP contribution in [0, 0.1) is 5.82 Å². The van der Waals surface area contributed by atoms with Gasteiger partial charge in [0, 0.05) is 18.7 Å². The summed E-state index contributed by atoms with van der Waals surface area (Å²) < 4.78 is 43.8. The van der Waals surface area contributed by atoms with Crippen molar-refractivity contribution < 1.29 is 12.8 Å². The molecule has 4 rings (SSSR count). The molecule has 0 radical (unpaired) electrons. The Labute approximate surface area is 149 Å². The van der Waals surface area contributed by atoms with Gasteiger partial charge in [-0.25, -0.2) is 18.8 Å². The predicted molar refractivity (Wildman–Crippen MR) is 92.0 cm³/mol. The second kappa shape index (κ2) is 6.20. The molecule has 2 aromatic heterocycles. The zero-order chi connectivity index (χ0) is 18.3. The molecule has 1 unspecified atom stereocenters. The molecule has 0 saturated carbocycles. The lowest BCUT2D eigenvalue weighted by atomic mass is 10.1. The summed E-state index contributed by atoms with van der Waals surface area (Å²) in [6, 6.07) is 5.85. The average Bonchev–Trinajstić information content (AvgIpc) is 3.23. The Morgan fingerprint density at radius 2 is 2.04 bits per heavy atom. The number of hydrogen-bond acceptors (Lipinski definition) is 5. The quantitative estimate of drug-likeness (QED) is 0.754. The summed E-state index contributed by atoms with van der Waals surface area (Å²) >= 11 is 0. The van der Waals surface area contributed by atoms with E-state index in [1.807, 2.05) is 11.5 Å². The largest absolute Gasteiger partial charge is 0.331 e. The van der Waals surface area contributed by atoms with Gasteiger partial charge in [0.15, 0.2) is 5.03 Å². The van der Waals surface area contributed by atoms with E-state index >= 15 is 0 Å². The van der Waals surface area contributed by atoms with Gasteiger partial charge in [0.05, 0.1) is 5.69 Å². The topological polar surface area (TPSA) is 94.7 Å². The first-order chi connectivity index (χ1) is 12.4. The van der Waals surface area contributed by atoms with Crippen LogP contribution in [0.4, 0.5) is 10.3 Å². The Morgan fingerprint density at radius 3 is 2.77 bits per heavy atom. The van der Waals surface area contributed by atoms with Gasteiger partial charge in [0.1, 0.15) is 18.0 Å². The number of hydrogen-bond donors (Lipinski definition) is 1. The van der Waals surface area contributed by atoms with Gasteiger partial charge >= 0.3 is 0 Å². The zero-order valence-corrected chi connectivity index (χ0v) is 14.8. The predicted octanol–water partition coefficient (Wildman–Crippen LogP) is 2.30. The maximum atomic E-state index is 13.0. The molecule has 1 aromatic carbocycles. The highest BCUT2D eigenvalue weighted by Crippen LogP contribution is 2.26. The van der Waals surface area contributed by atoms with Crippen LogP contribution in [0.5, 0.6) is 0 Å². The molecule has 0 aliphatic carbocycles. The molecule has 136 valence electrons. The first-order valence-corrected chi connectivity index (χ1v) is 9.69. The van der Waals surface area contributed by atoms with Crippen molar-refractivity contribution in [3.05, 3.63) is 48.4 Å². The van der Waals surface area contributed by atoms with Crippen molar-refractivity contribution in [2.24, 2.45) is 0 Å². The normalized spacial score (nSPS) is 17.1. The van der Waals surface area contributed by atoms with Crippen molar-refractivity contribution in [2.75, 3.05) is 4.72 Å². The number of benzene rings is 1. The molecule has 3 heterocycles. The fourth-order valence-electron chi connectivity index (χ4n) is 3.00. The zero-order valence-electron chi connectivity index (χ0n) is 14.0. The number of nitrogens with one attached hydrogen (secondary N) is 1. The Hall–Kier alpha value is -2.75. The molecule has 0 bridgehead atoms. The number of fused-ring (bicyclic) bond motifs is 1. The number of aryl methyl sites for hydroxylation is 1. The van der Waals surface area contributed by atoms with E-state index in [4.69, 9.17) is 0 Å². The van der Waals surface area contributed by atoms with Crippen LogP contribution in [0.1, 0.15) is 31.6 Å². The monoisotopic (exact) mass is 376 g/mol. The summed E-state index contributed by atoms with van der Waals surface area (Å²) in [7, 11) is -3.89. The van der Waals surface area contributed by atoms with Crippen LogP contribution < -0.4 is 4.72 Å². The van der Waals surface area contributed by atoms with E-state index in [1.165, 1.54) is 35.3 Å². The lowest BCUT2D eigenvalue weighted by molar-refractivity contribution is 0.425. The second-order valence-corrected chi connectivity index (χ2v) is 7.87. The summed E-state index contributed by atoms with van der Waals surface area (Å²) in [5.74, 6) is 0.329. The molecule has 1 aliphatic heterocycles. The van der Waals surface area contributed by atoms with E-state index in [0.717, 1.165) is 25.1 Å². The van der Waals surface area contributed by atoms with Crippen LogP contribution >= 0.6 is 0 Å². The van der Waals surface area contributed by atoms with Crippen LogP contribution in [0.2, 0.25) is 0 Å². The van der Waals surface area contributed by atoms with Crippen molar-refractivity contribution >= 4 is 16.0 Å². The number of rotatable bonds is 4. The van der Waals surface area contributed by atoms with Crippen LogP contribution in [0.15, 0.2) is 41.8 Å². The first-order valence-electron chi connectivity index (χ1n) is 8.20. The SMILES string of the molecule is CC1CCCc2nc(S(=O)(=O)Nc3ncn(-c4ccc(F)cc4)n3)cn21. The molecule has 3 aromatic rings. The minimum Gasteiger partial charge on any atom is -0.331 e. The van der Waals surface area contributed by atoms with E-state index in [1.54, 1.807) is 6.20 Å². The molecule has 0 spiro atoms. The van der Waals surface area contributed by atoms with Crippen molar-refractivity contribution in [3.8, 4) is 5.69 Å². The van der Waals surface area contributed by atoms with E-state index in [9.17, 15) is 12.8 Å².